The highest BCUT2D eigenvalue weighted by Gasteiger charge is 2.68. The summed E-state index contributed by atoms with van der Waals surface area (Å²) in [7, 11) is 1.69. The lowest BCUT2D eigenvalue weighted by atomic mass is 9.51. The second-order valence-electron chi connectivity index (χ2n) is 14.4. The third-order valence-corrected chi connectivity index (χ3v) is 13.2. The number of hydrogen-bond acceptors (Lipinski definition) is 8. The molecule has 0 spiro atoms. The van der Waals surface area contributed by atoms with E-state index in [-0.39, 0.29) is 31.6 Å². The van der Waals surface area contributed by atoms with Crippen molar-refractivity contribution in [2.75, 3.05) is 11.4 Å². The van der Waals surface area contributed by atoms with Crippen molar-refractivity contribution in [1.29, 1.82) is 0 Å². The molecule has 2 saturated heterocycles. The molecule has 4 amide bonds. The van der Waals surface area contributed by atoms with Gasteiger partial charge in [0.2, 0.25) is 23.6 Å². The molecule has 2 aliphatic heterocycles. The van der Waals surface area contributed by atoms with Crippen molar-refractivity contribution in [3.63, 3.8) is 0 Å². The number of carboxylic acid groups (broad SMARTS) is 1. The van der Waals surface area contributed by atoms with Gasteiger partial charge in [0, 0.05) is 40.9 Å². The second kappa shape index (κ2) is 11.6. The van der Waals surface area contributed by atoms with E-state index in [1.807, 2.05) is 31.2 Å². The fourth-order valence-corrected chi connectivity index (χ4v) is 10.5. The summed E-state index contributed by atoms with van der Waals surface area (Å²) in [6.45, 7) is 5.29. The minimum absolute atomic E-state index is 0.00455. The number of carbonyl (C=O) groups excluding carboxylic acids is 4. The first-order chi connectivity index (χ1) is 24.2. The van der Waals surface area contributed by atoms with E-state index in [2.05, 4.69) is 0 Å². The van der Waals surface area contributed by atoms with Crippen LogP contribution in [0.25, 0.3) is 20.7 Å². The predicted molar refractivity (Wildman–Crippen MR) is 190 cm³/mol. The van der Waals surface area contributed by atoms with Gasteiger partial charge in [0.25, 0.3) is 0 Å². The summed E-state index contributed by atoms with van der Waals surface area (Å²) in [5, 5.41) is 27.1. The van der Waals surface area contributed by atoms with Crippen LogP contribution in [0.1, 0.15) is 48.8 Å². The number of nitrogens with zero attached hydrogens (tertiary/aromatic N) is 4. The van der Waals surface area contributed by atoms with Crippen molar-refractivity contribution in [3.8, 4) is 16.3 Å². The number of phenolic OH excluding ortho intramolecular Hbond substituents is 1. The molecule has 2 aromatic carbocycles. The SMILES string of the molecule is Cc1cccc([C@H]2C3=CC[C@@H]4C(=O)N(CCC(=O)O)C(=O)[C@@H]4[C@@H]3C[C@H]3C(=O)N(c4cc(-c5sc6ccc(Cl)cc6c5C)nn4C)C(=O)[C@@]23C)c1O. The lowest BCUT2D eigenvalue weighted by molar-refractivity contribution is -0.142. The molecule has 13 heteroatoms. The number of imide groups is 2. The van der Waals surface area contributed by atoms with Crippen LogP contribution in [0.5, 0.6) is 5.75 Å². The van der Waals surface area contributed by atoms with E-state index in [0.717, 1.165) is 31.0 Å². The Kier molecular flexibility index (Phi) is 7.59. The standard InChI is InChI=1S/C38H35ClN4O7S/c1-17-6-5-7-22(32(17)46)31-20-9-10-21-30(36(49)42(34(21)47)13-12-29(44)45)24(20)15-25-35(48)43(37(50)38(25,31)3)28-16-26(40-41(28)4)33-18(2)23-14-19(39)8-11-27(23)51-33/h5-9,11,14,16,21,24-25,30-31,46H,10,12-13,15H2,1-4H3,(H,44,45)/t21-,24+,25-,30-,31+,38+/m0/s1. The summed E-state index contributed by atoms with van der Waals surface area (Å²) in [5.74, 6) is -6.30. The van der Waals surface area contributed by atoms with Gasteiger partial charge in [-0.1, -0.05) is 41.4 Å². The van der Waals surface area contributed by atoms with Crippen LogP contribution in [0.4, 0.5) is 5.82 Å². The van der Waals surface area contributed by atoms with E-state index in [0.29, 0.717) is 27.7 Å². The van der Waals surface area contributed by atoms with E-state index in [1.54, 1.807) is 56.5 Å². The van der Waals surface area contributed by atoms with Gasteiger partial charge in [-0.15, -0.1) is 11.3 Å². The molecule has 4 heterocycles. The summed E-state index contributed by atoms with van der Waals surface area (Å²) in [4.78, 5) is 71.6. The smallest absolute Gasteiger partial charge is 0.305 e. The molecule has 0 unspecified atom stereocenters. The highest BCUT2D eigenvalue weighted by atomic mass is 35.5. The van der Waals surface area contributed by atoms with Gasteiger partial charge in [-0.2, -0.15) is 5.10 Å². The minimum atomic E-state index is -1.35. The Labute approximate surface area is 302 Å². The molecular weight excluding hydrogens is 692 g/mol. The number of benzene rings is 2. The molecule has 4 aromatic rings. The summed E-state index contributed by atoms with van der Waals surface area (Å²) in [6.07, 6.45) is 1.90. The molecule has 0 bridgehead atoms. The number of fused-ring (bicyclic) bond motifs is 5. The second-order valence-corrected chi connectivity index (χ2v) is 15.8. The van der Waals surface area contributed by atoms with Crippen LogP contribution in [-0.2, 0) is 31.0 Å². The Morgan fingerprint density at radius 2 is 1.82 bits per heavy atom. The molecule has 11 nitrogen and oxygen atoms in total. The van der Waals surface area contributed by atoms with Crippen LogP contribution in [0.15, 0.2) is 54.1 Å². The topological polar surface area (TPSA) is 150 Å². The van der Waals surface area contributed by atoms with Gasteiger partial charge >= 0.3 is 5.97 Å². The third-order valence-electron chi connectivity index (χ3n) is 11.7. The molecule has 3 fully saturated rings. The molecule has 2 N–H and O–H groups in total. The number of anilines is 1. The van der Waals surface area contributed by atoms with Gasteiger partial charge < -0.3 is 10.2 Å². The summed E-state index contributed by atoms with van der Waals surface area (Å²) in [5.41, 5.74) is 2.05. The number of thiophene rings is 1. The maximum atomic E-state index is 15.0. The number of hydrogen-bond donors (Lipinski definition) is 2. The van der Waals surface area contributed by atoms with Crippen molar-refractivity contribution >= 4 is 68.4 Å². The van der Waals surface area contributed by atoms with Gasteiger partial charge in [0.15, 0.2) is 0 Å². The Hall–Kier alpha value is -4.81. The van der Waals surface area contributed by atoms with Gasteiger partial charge in [0.1, 0.15) is 17.3 Å². The Morgan fingerprint density at radius 1 is 1.06 bits per heavy atom. The Balaban J connectivity index is 1.24. The first kappa shape index (κ1) is 33.3. The molecule has 2 aliphatic carbocycles. The van der Waals surface area contributed by atoms with E-state index < -0.39 is 64.6 Å². The monoisotopic (exact) mass is 726 g/mol. The van der Waals surface area contributed by atoms with Crippen LogP contribution in [0.2, 0.25) is 5.02 Å². The molecule has 8 rings (SSSR count). The van der Waals surface area contributed by atoms with Gasteiger partial charge in [0.05, 0.1) is 34.5 Å². The van der Waals surface area contributed by atoms with E-state index in [1.165, 1.54) is 9.58 Å². The van der Waals surface area contributed by atoms with Crippen LogP contribution < -0.4 is 4.90 Å². The van der Waals surface area contributed by atoms with Crippen LogP contribution >= 0.6 is 22.9 Å². The van der Waals surface area contributed by atoms with Crippen LogP contribution in [0, 0.1) is 42.9 Å². The average Bonchev–Trinajstić information content (AvgIpc) is 3.75. The highest BCUT2D eigenvalue weighted by Crippen LogP contribution is 2.64. The summed E-state index contributed by atoms with van der Waals surface area (Å²) >= 11 is 7.83. The normalized spacial score (nSPS) is 27.2. The largest absolute Gasteiger partial charge is 0.507 e. The fourth-order valence-electron chi connectivity index (χ4n) is 9.20. The molecule has 262 valence electrons. The van der Waals surface area contributed by atoms with Crippen molar-refractivity contribution in [2.24, 2.45) is 36.1 Å². The number of aryl methyl sites for hydroxylation is 3. The molecule has 6 atom stereocenters. The number of rotatable bonds is 6. The van der Waals surface area contributed by atoms with Crippen molar-refractivity contribution in [3.05, 3.63) is 75.8 Å². The zero-order valence-corrected chi connectivity index (χ0v) is 29.9. The maximum absolute atomic E-state index is 15.0. The Bertz CT molecular complexity index is 2270. The van der Waals surface area contributed by atoms with E-state index >= 15 is 0 Å². The number of likely N-dealkylation sites (tertiary alicyclic amines) is 1. The van der Waals surface area contributed by atoms with Crippen molar-refractivity contribution < 1.29 is 34.2 Å². The number of halogens is 1. The van der Waals surface area contributed by atoms with Crippen LogP contribution in [-0.4, -0.2) is 61.0 Å². The van der Waals surface area contributed by atoms with Gasteiger partial charge in [-0.3, -0.25) is 33.6 Å². The number of para-hydroxylation sites is 1. The quantitative estimate of drug-likeness (QED) is 0.182. The highest BCUT2D eigenvalue weighted by molar-refractivity contribution is 7.22. The molecule has 0 radical (unpaired) electrons. The minimum Gasteiger partial charge on any atom is -0.507 e. The summed E-state index contributed by atoms with van der Waals surface area (Å²) < 4.78 is 2.56. The number of aromatic hydroxyl groups is 1. The predicted octanol–water partition coefficient (Wildman–Crippen LogP) is 5.98. The number of aliphatic carboxylic acids is 1. The number of phenols is 1. The molecule has 1 saturated carbocycles. The Morgan fingerprint density at radius 3 is 2.57 bits per heavy atom. The molecular formula is C38H35ClN4O7S. The van der Waals surface area contributed by atoms with Crippen molar-refractivity contribution in [1.82, 2.24) is 14.7 Å². The zero-order valence-electron chi connectivity index (χ0n) is 28.3. The fraction of sp³-hybridized carbons (Fsp3) is 0.368. The zero-order chi connectivity index (χ0) is 36.3. The number of carboxylic acids is 1. The number of amides is 4. The number of allylic oxidation sites excluding steroid dienone is 2. The van der Waals surface area contributed by atoms with Crippen LogP contribution in [0.3, 0.4) is 0 Å². The maximum Gasteiger partial charge on any atom is 0.305 e. The molecule has 51 heavy (non-hydrogen) atoms. The van der Waals surface area contributed by atoms with E-state index in [4.69, 9.17) is 16.7 Å². The van der Waals surface area contributed by atoms with Gasteiger partial charge in [-0.05, 0) is 74.2 Å². The number of aromatic nitrogens is 2. The van der Waals surface area contributed by atoms with Gasteiger partial charge in [-0.25, -0.2) is 4.90 Å². The first-order valence-electron chi connectivity index (χ1n) is 16.9. The molecule has 2 aromatic heterocycles. The third kappa shape index (κ3) is 4.68. The summed E-state index contributed by atoms with van der Waals surface area (Å²) in [6, 6.07) is 12.7. The number of carbonyl (C=O) groups is 5. The lowest BCUT2D eigenvalue weighted by Gasteiger charge is -2.49. The van der Waals surface area contributed by atoms with E-state index in [9.17, 15) is 34.2 Å². The average molecular weight is 727 g/mol. The van der Waals surface area contributed by atoms with Crippen molar-refractivity contribution in [2.45, 2.75) is 46.0 Å². The molecule has 4 aliphatic rings. The lowest BCUT2D eigenvalue weighted by Crippen LogP contribution is -2.49. The first-order valence-corrected chi connectivity index (χ1v) is 18.1.